The second-order valence-corrected chi connectivity index (χ2v) is 11.8. The van der Waals surface area contributed by atoms with E-state index in [-0.39, 0.29) is 11.5 Å². The summed E-state index contributed by atoms with van der Waals surface area (Å²) in [5.74, 6) is 1.01. The van der Waals surface area contributed by atoms with E-state index in [4.69, 9.17) is 9.63 Å². The van der Waals surface area contributed by atoms with Gasteiger partial charge in [-0.05, 0) is 84.6 Å². The number of aldehydes is 2. The number of rotatable bonds is 17. The third kappa shape index (κ3) is 18.4. The molecule has 4 aromatic carbocycles. The van der Waals surface area contributed by atoms with Crippen molar-refractivity contribution in [2.24, 2.45) is 5.92 Å². The standard InChI is InChI=1S/C17H19NO4.C16H22N2O.C6H12O.CH2O/c19-12-17(11-14-3-7-16(21)8-4-14)22-18-10-9-13-1-5-15(20)6-2-13;1-17-16(19)12-18(2)11-10-14-8-5-7-13-6-3-4-9-15(13)14;1-3-6(2)4-5-7;1-2/h1-8,12,17-18,20-21H,9-11H2;3-9,16-17,19H,10-12H2,1-2H3;5-6H,3-4H2,1-2H3;1H2/t;;6-;/m..0./s1. The van der Waals surface area contributed by atoms with Crippen LogP contribution in [0.4, 0.5) is 0 Å². The van der Waals surface area contributed by atoms with Crippen LogP contribution in [0.1, 0.15) is 43.4 Å². The van der Waals surface area contributed by atoms with Crippen LogP contribution in [0.15, 0.2) is 91.0 Å². The van der Waals surface area contributed by atoms with Gasteiger partial charge in [-0.25, -0.2) is 5.48 Å². The number of hydrogen-bond donors (Lipinski definition) is 5. The molecule has 0 aromatic heterocycles. The lowest BCUT2D eigenvalue weighted by atomic mass is 10.0. The molecule has 10 nitrogen and oxygen atoms in total. The Bertz CT molecular complexity index is 1460. The Morgan fingerprint density at radius 3 is 2.02 bits per heavy atom. The molecular formula is C40H55N3O7. The smallest absolute Gasteiger partial charge is 0.151 e. The number of likely N-dealkylation sites (N-methyl/N-ethyl adjacent to an activating group) is 2. The number of nitrogens with one attached hydrogen (secondary N) is 2. The molecule has 5 N–H and O–H groups in total. The molecule has 0 bridgehead atoms. The van der Waals surface area contributed by atoms with E-state index in [0.29, 0.717) is 25.4 Å². The molecule has 4 aromatic rings. The Hall–Kier alpha value is -4.45. The molecule has 3 atom stereocenters. The van der Waals surface area contributed by atoms with E-state index in [9.17, 15) is 24.9 Å². The van der Waals surface area contributed by atoms with Crippen LogP contribution in [0, 0.1) is 5.92 Å². The summed E-state index contributed by atoms with van der Waals surface area (Å²) in [5, 5.41) is 33.4. The summed E-state index contributed by atoms with van der Waals surface area (Å²) in [6.07, 6.45) is 4.68. The third-order valence-electron chi connectivity index (χ3n) is 7.87. The molecule has 4 rings (SSSR count). The van der Waals surface area contributed by atoms with Crippen molar-refractivity contribution in [1.82, 2.24) is 15.7 Å². The number of hydroxylamine groups is 1. The zero-order chi connectivity index (χ0) is 37.1. The zero-order valence-corrected chi connectivity index (χ0v) is 29.8. The summed E-state index contributed by atoms with van der Waals surface area (Å²) in [6.45, 7) is 8.31. The van der Waals surface area contributed by atoms with E-state index in [1.54, 1.807) is 43.4 Å². The average Bonchev–Trinajstić information content (AvgIpc) is 3.15. The van der Waals surface area contributed by atoms with E-state index in [2.05, 4.69) is 72.0 Å². The summed E-state index contributed by atoms with van der Waals surface area (Å²) >= 11 is 0. The van der Waals surface area contributed by atoms with Crippen LogP contribution < -0.4 is 10.8 Å². The van der Waals surface area contributed by atoms with Crippen molar-refractivity contribution in [3.05, 3.63) is 108 Å². The van der Waals surface area contributed by atoms with Crippen molar-refractivity contribution in [3.8, 4) is 11.5 Å². The SMILES string of the molecule is C=O.CC[C@H](C)CC=O.CNC(O)CN(C)CCc1cccc2ccccc12.O=CC(Cc1ccc(O)cc1)ONCCc1ccc(O)cc1. The Morgan fingerprint density at radius 2 is 1.46 bits per heavy atom. The Balaban J connectivity index is 0.000000407. The van der Waals surface area contributed by atoms with Gasteiger partial charge >= 0.3 is 0 Å². The first-order valence-electron chi connectivity index (χ1n) is 16.8. The van der Waals surface area contributed by atoms with Gasteiger partial charge in [0.05, 0.1) is 0 Å². The molecule has 0 saturated carbocycles. The highest BCUT2D eigenvalue weighted by Gasteiger charge is 2.10. The predicted molar refractivity (Wildman–Crippen MR) is 200 cm³/mol. The molecule has 0 fully saturated rings. The number of carbonyl (C=O) groups excluding carboxylic acids is 3. The lowest BCUT2D eigenvalue weighted by molar-refractivity contribution is -0.123. The Kier molecular flexibility index (Phi) is 23.0. The van der Waals surface area contributed by atoms with Gasteiger partial charge in [0.25, 0.3) is 0 Å². The quantitative estimate of drug-likeness (QED) is 0.0430. The first kappa shape index (κ1) is 43.6. The second-order valence-electron chi connectivity index (χ2n) is 11.8. The highest BCUT2D eigenvalue weighted by Crippen LogP contribution is 2.19. The molecule has 50 heavy (non-hydrogen) atoms. The minimum atomic E-state index is -0.579. The van der Waals surface area contributed by atoms with E-state index < -0.39 is 12.3 Å². The first-order chi connectivity index (χ1) is 24.2. The summed E-state index contributed by atoms with van der Waals surface area (Å²) in [5.41, 5.74) is 6.13. The number of hydrogen-bond acceptors (Lipinski definition) is 10. The fourth-order valence-electron chi connectivity index (χ4n) is 4.64. The van der Waals surface area contributed by atoms with Crippen LogP contribution in [0.5, 0.6) is 11.5 Å². The van der Waals surface area contributed by atoms with Crippen LogP contribution in [0.3, 0.4) is 0 Å². The maximum Gasteiger partial charge on any atom is 0.151 e. The Morgan fingerprint density at radius 1 is 0.860 bits per heavy atom. The molecule has 0 aliphatic rings. The lowest BCUT2D eigenvalue weighted by Gasteiger charge is -2.20. The third-order valence-corrected chi connectivity index (χ3v) is 7.87. The van der Waals surface area contributed by atoms with Gasteiger partial charge in [0, 0.05) is 32.5 Å². The van der Waals surface area contributed by atoms with Crippen molar-refractivity contribution in [2.45, 2.75) is 58.3 Å². The zero-order valence-electron chi connectivity index (χ0n) is 29.8. The minimum Gasteiger partial charge on any atom is -0.508 e. The maximum absolute atomic E-state index is 11.0. The number of aliphatic hydroxyl groups excluding tert-OH is 1. The maximum atomic E-state index is 11.0. The van der Waals surface area contributed by atoms with Crippen molar-refractivity contribution in [3.63, 3.8) is 0 Å². The fraction of sp³-hybridized carbons (Fsp3) is 0.375. The summed E-state index contributed by atoms with van der Waals surface area (Å²) < 4.78 is 0. The second kappa shape index (κ2) is 26.4. The van der Waals surface area contributed by atoms with Crippen LogP contribution in [-0.2, 0) is 38.5 Å². The number of aromatic hydroxyl groups is 2. The highest BCUT2D eigenvalue weighted by atomic mass is 16.7. The number of aliphatic hydroxyl groups is 1. The molecule has 0 aliphatic heterocycles. The lowest BCUT2D eigenvalue weighted by Crippen LogP contribution is -2.38. The van der Waals surface area contributed by atoms with Gasteiger partial charge in [-0.2, -0.15) is 0 Å². The van der Waals surface area contributed by atoms with Gasteiger partial charge in [-0.3, -0.25) is 10.2 Å². The predicted octanol–water partition coefficient (Wildman–Crippen LogP) is 5.26. The van der Waals surface area contributed by atoms with E-state index in [1.807, 2.05) is 26.0 Å². The monoisotopic (exact) mass is 689 g/mol. The van der Waals surface area contributed by atoms with Crippen molar-refractivity contribution in [2.75, 3.05) is 33.7 Å². The van der Waals surface area contributed by atoms with Crippen molar-refractivity contribution >= 4 is 30.1 Å². The van der Waals surface area contributed by atoms with Crippen molar-refractivity contribution in [1.29, 1.82) is 0 Å². The summed E-state index contributed by atoms with van der Waals surface area (Å²) in [6, 6.07) is 28.5. The van der Waals surface area contributed by atoms with Gasteiger partial charge in [0.2, 0.25) is 0 Å². The number of fused-ring (bicyclic) bond motifs is 1. The van der Waals surface area contributed by atoms with Crippen LogP contribution >= 0.6 is 0 Å². The largest absolute Gasteiger partial charge is 0.508 e. The Labute approximate surface area is 297 Å². The number of nitrogens with zero attached hydrogens (tertiary/aromatic N) is 1. The molecule has 272 valence electrons. The van der Waals surface area contributed by atoms with Gasteiger partial charge in [-0.15, -0.1) is 0 Å². The van der Waals surface area contributed by atoms with Gasteiger partial charge in [0.15, 0.2) is 6.29 Å². The van der Waals surface area contributed by atoms with Crippen LogP contribution in [0.25, 0.3) is 10.8 Å². The molecule has 0 radical (unpaired) electrons. The topological polar surface area (TPSA) is 148 Å². The minimum absolute atomic E-state index is 0.194. The van der Waals surface area contributed by atoms with Crippen LogP contribution in [-0.4, -0.2) is 85.6 Å². The highest BCUT2D eigenvalue weighted by molar-refractivity contribution is 5.85. The number of carbonyl (C=O) groups is 3. The number of benzene rings is 4. The number of phenols is 2. The van der Waals surface area contributed by atoms with Gasteiger partial charge < -0.3 is 34.6 Å². The summed E-state index contributed by atoms with van der Waals surface area (Å²) in [4.78, 5) is 36.3. The van der Waals surface area contributed by atoms with Gasteiger partial charge in [-0.1, -0.05) is 87.0 Å². The fourth-order valence-corrected chi connectivity index (χ4v) is 4.64. The van der Waals surface area contributed by atoms with E-state index in [1.165, 1.54) is 16.3 Å². The van der Waals surface area contributed by atoms with E-state index in [0.717, 1.165) is 55.9 Å². The van der Waals surface area contributed by atoms with Crippen molar-refractivity contribution < 1.29 is 34.5 Å². The average molecular weight is 690 g/mol. The molecule has 2 unspecified atom stereocenters. The van der Waals surface area contributed by atoms with E-state index >= 15 is 0 Å². The summed E-state index contributed by atoms with van der Waals surface area (Å²) in [7, 11) is 3.80. The molecule has 0 heterocycles. The molecule has 0 aliphatic carbocycles. The molecular weight excluding hydrogens is 634 g/mol. The molecule has 0 spiro atoms. The normalized spacial score (nSPS) is 12.2. The number of phenolic OH excluding ortho intramolecular Hbond substituents is 2. The first-order valence-corrected chi connectivity index (χ1v) is 16.8. The molecule has 0 saturated heterocycles. The van der Waals surface area contributed by atoms with Crippen LogP contribution in [0.2, 0.25) is 0 Å². The van der Waals surface area contributed by atoms with Gasteiger partial charge in [0.1, 0.15) is 36.9 Å². The molecule has 10 heteroatoms. The molecule has 0 amide bonds.